The minimum absolute atomic E-state index is 0.154. The molecule has 0 atom stereocenters. The van der Waals surface area contributed by atoms with Crippen molar-refractivity contribution in [3.05, 3.63) is 102 Å². The monoisotopic (exact) mass is 660 g/mol. The van der Waals surface area contributed by atoms with Gasteiger partial charge in [0.15, 0.2) is 0 Å². The Kier molecular flexibility index (Phi) is 9.74. The number of aromatic nitrogens is 1. The lowest BCUT2D eigenvalue weighted by atomic mass is 9.98. The Labute approximate surface area is 263 Å². The van der Waals surface area contributed by atoms with E-state index in [1.807, 2.05) is 0 Å². The van der Waals surface area contributed by atoms with Gasteiger partial charge in [-0.1, -0.05) is 54.1 Å². The number of pyridine rings is 1. The van der Waals surface area contributed by atoms with Crippen LogP contribution in [0.15, 0.2) is 96.0 Å². The average molecular weight is 661 g/mol. The number of alkyl halides is 3. The molecule has 236 valence electrons. The molecule has 1 heterocycles. The number of guanidine groups is 1. The molecule has 0 saturated heterocycles. The molecular formula is C31H28ClF3N4O5S. The lowest BCUT2D eigenvalue weighted by Crippen LogP contribution is -2.49. The van der Waals surface area contributed by atoms with E-state index in [0.29, 0.717) is 33.0 Å². The number of halogens is 4. The fraction of sp³-hybridized carbons (Fsp3) is 0.194. The highest BCUT2D eigenvalue weighted by Gasteiger charge is 2.36. The summed E-state index contributed by atoms with van der Waals surface area (Å²) in [7, 11) is -4.54. The van der Waals surface area contributed by atoms with Gasteiger partial charge >= 0.3 is 12.5 Å². The summed E-state index contributed by atoms with van der Waals surface area (Å²) in [5, 5.41) is 11.7. The van der Waals surface area contributed by atoms with Crippen LogP contribution in [0.4, 0.5) is 18.0 Å². The van der Waals surface area contributed by atoms with Gasteiger partial charge in [-0.2, -0.15) is 0 Å². The molecule has 14 heteroatoms. The molecular weight excluding hydrogens is 633 g/mol. The number of hydrogen-bond donors (Lipinski definition) is 2. The van der Waals surface area contributed by atoms with E-state index < -0.39 is 39.8 Å². The molecule has 9 nitrogen and oxygen atoms in total. The summed E-state index contributed by atoms with van der Waals surface area (Å²) in [5.74, 6) is -1.18. The van der Waals surface area contributed by atoms with Crippen molar-refractivity contribution < 1.29 is 35.9 Å². The summed E-state index contributed by atoms with van der Waals surface area (Å²) >= 11 is 6.04. The molecule has 1 amide bonds. The number of ether oxygens (including phenoxy) is 2. The van der Waals surface area contributed by atoms with E-state index in [2.05, 4.69) is 15.0 Å². The molecule has 0 radical (unpaired) electrons. The number of sulfonamides is 1. The van der Waals surface area contributed by atoms with Gasteiger partial charge in [0.1, 0.15) is 11.4 Å². The third-order valence-corrected chi connectivity index (χ3v) is 7.90. The fourth-order valence-electron chi connectivity index (χ4n) is 4.07. The molecule has 0 aliphatic heterocycles. The first kappa shape index (κ1) is 33.3. The minimum Gasteiger partial charge on any atom is -0.443 e. The lowest BCUT2D eigenvalue weighted by molar-refractivity contribution is -0.274. The first-order chi connectivity index (χ1) is 21.0. The molecule has 4 aromatic rings. The van der Waals surface area contributed by atoms with E-state index in [1.54, 1.807) is 57.2 Å². The SMILES string of the molecule is CC(C)(C)OC(=O)N(C(=N)NCc1cnc(-c2ccc(Cl)cc2)c(-c2ccc(OC(F)(F)F)cc2)c1)S(=O)(=O)c1ccccc1. The number of rotatable bonds is 7. The highest BCUT2D eigenvalue weighted by atomic mass is 35.5. The topological polar surface area (TPSA) is 122 Å². The summed E-state index contributed by atoms with van der Waals surface area (Å²) in [6, 6.07) is 20.8. The number of nitrogens with one attached hydrogen (secondary N) is 2. The third-order valence-electron chi connectivity index (χ3n) is 5.96. The van der Waals surface area contributed by atoms with Gasteiger partial charge in [-0.15, -0.1) is 17.5 Å². The minimum atomic E-state index is -4.85. The zero-order chi connectivity index (χ0) is 33.0. The predicted octanol–water partition coefficient (Wildman–Crippen LogP) is 7.62. The van der Waals surface area contributed by atoms with Crippen molar-refractivity contribution in [2.45, 2.75) is 44.2 Å². The molecule has 0 saturated carbocycles. The van der Waals surface area contributed by atoms with Crippen molar-refractivity contribution in [3.63, 3.8) is 0 Å². The number of nitrogens with zero attached hydrogens (tertiary/aromatic N) is 2. The number of carbonyl (C=O) groups is 1. The largest absolute Gasteiger partial charge is 0.573 e. The molecule has 3 aromatic carbocycles. The van der Waals surface area contributed by atoms with Crippen LogP contribution in [0.5, 0.6) is 5.75 Å². The third kappa shape index (κ3) is 8.73. The van der Waals surface area contributed by atoms with Gasteiger partial charge in [0.2, 0.25) is 5.96 Å². The van der Waals surface area contributed by atoms with Gasteiger partial charge in [0.05, 0.1) is 10.6 Å². The molecule has 2 N–H and O–H groups in total. The van der Waals surface area contributed by atoms with Crippen molar-refractivity contribution in [2.75, 3.05) is 0 Å². The van der Waals surface area contributed by atoms with E-state index in [-0.39, 0.29) is 15.7 Å². The van der Waals surface area contributed by atoms with Crippen LogP contribution in [0, 0.1) is 5.41 Å². The van der Waals surface area contributed by atoms with Gasteiger partial charge < -0.3 is 14.8 Å². The van der Waals surface area contributed by atoms with Crippen LogP contribution in [0.1, 0.15) is 26.3 Å². The van der Waals surface area contributed by atoms with E-state index in [4.69, 9.17) is 21.7 Å². The van der Waals surface area contributed by atoms with E-state index in [9.17, 15) is 26.4 Å². The Bertz CT molecular complexity index is 1780. The van der Waals surface area contributed by atoms with E-state index in [0.717, 1.165) is 0 Å². The number of benzene rings is 3. The van der Waals surface area contributed by atoms with Gasteiger partial charge in [-0.3, -0.25) is 10.4 Å². The summed E-state index contributed by atoms with van der Waals surface area (Å²) in [4.78, 5) is 17.4. The van der Waals surface area contributed by atoms with E-state index in [1.165, 1.54) is 54.7 Å². The van der Waals surface area contributed by atoms with Crippen LogP contribution in [0.25, 0.3) is 22.4 Å². The Morgan fingerprint density at radius 2 is 1.56 bits per heavy atom. The summed E-state index contributed by atoms with van der Waals surface area (Å²) in [5.41, 5.74) is 1.57. The molecule has 0 bridgehead atoms. The maximum Gasteiger partial charge on any atom is 0.573 e. The molecule has 0 aliphatic rings. The highest BCUT2D eigenvalue weighted by Crippen LogP contribution is 2.34. The van der Waals surface area contributed by atoms with Gasteiger partial charge in [0, 0.05) is 28.9 Å². The maximum absolute atomic E-state index is 13.4. The Balaban J connectivity index is 1.67. The molecule has 0 fully saturated rings. The standard InChI is InChI=1S/C31H28ClF3N4O5S/c1-30(2,3)44-29(40)39(45(41,42)25-7-5-4-6-8-25)28(36)38-19-20-17-26(21-11-15-24(16-12-21)43-31(33,34)35)27(37-18-20)22-9-13-23(32)14-10-22/h4-18H,19H2,1-3H3,(H2,36,38). The van der Waals surface area contributed by atoms with Gasteiger partial charge in [-0.25, -0.2) is 13.2 Å². The van der Waals surface area contributed by atoms with Crippen molar-refractivity contribution >= 4 is 33.7 Å². The van der Waals surface area contributed by atoms with Crippen molar-refractivity contribution in [1.29, 1.82) is 5.41 Å². The van der Waals surface area contributed by atoms with Crippen LogP contribution >= 0.6 is 11.6 Å². The molecule has 45 heavy (non-hydrogen) atoms. The molecule has 1 aromatic heterocycles. The maximum atomic E-state index is 13.4. The predicted molar refractivity (Wildman–Crippen MR) is 163 cm³/mol. The number of amides is 1. The smallest absolute Gasteiger partial charge is 0.443 e. The summed E-state index contributed by atoms with van der Waals surface area (Å²) in [6.45, 7) is 4.53. The quantitative estimate of drug-likeness (QED) is 0.154. The fourth-order valence-corrected chi connectivity index (χ4v) is 5.44. The molecule has 0 spiro atoms. The second kappa shape index (κ2) is 13.2. The Morgan fingerprint density at radius 3 is 2.13 bits per heavy atom. The van der Waals surface area contributed by atoms with Crippen LogP contribution in [-0.2, 0) is 21.3 Å². The highest BCUT2D eigenvalue weighted by molar-refractivity contribution is 7.90. The lowest BCUT2D eigenvalue weighted by Gasteiger charge is -2.27. The second-order valence-electron chi connectivity index (χ2n) is 10.6. The second-order valence-corrected chi connectivity index (χ2v) is 12.8. The normalized spacial score (nSPS) is 11.9. The Morgan fingerprint density at radius 1 is 0.956 bits per heavy atom. The first-order valence-electron chi connectivity index (χ1n) is 13.3. The summed E-state index contributed by atoms with van der Waals surface area (Å²) in [6.07, 6.45) is -4.64. The zero-order valence-corrected chi connectivity index (χ0v) is 25.8. The molecule has 4 rings (SSSR count). The van der Waals surface area contributed by atoms with Crippen molar-refractivity contribution in [2.24, 2.45) is 0 Å². The first-order valence-corrected chi connectivity index (χ1v) is 15.1. The average Bonchev–Trinajstić information content (AvgIpc) is 2.95. The number of carbonyl (C=O) groups excluding carboxylic acids is 1. The van der Waals surface area contributed by atoms with Crippen LogP contribution < -0.4 is 10.1 Å². The molecule has 0 unspecified atom stereocenters. The zero-order valence-electron chi connectivity index (χ0n) is 24.2. The summed E-state index contributed by atoms with van der Waals surface area (Å²) < 4.78 is 74.5. The van der Waals surface area contributed by atoms with Crippen molar-refractivity contribution in [3.8, 4) is 28.1 Å². The van der Waals surface area contributed by atoms with E-state index >= 15 is 0 Å². The number of hydrogen-bond acceptors (Lipinski definition) is 7. The van der Waals surface area contributed by atoms with Crippen LogP contribution in [0.3, 0.4) is 0 Å². The van der Waals surface area contributed by atoms with Crippen molar-refractivity contribution in [1.82, 2.24) is 14.6 Å². The van der Waals surface area contributed by atoms with Crippen LogP contribution in [0.2, 0.25) is 5.02 Å². The molecule has 0 aliphatic carbocycles. The van der Waals surface area contributed by atoms with Crippen LogP contribution in [-0.4, -0.2) is 41.7 Å². The Hall–Kier alpha value is -4.62. The van der Waals surface area contributed by atoms with Gasteiger partial charge in [0.25, 0.3) is 10.0 Å². The van der Waals surface area contributed by atoms with Gasteiger partial charge in [-0.05, 0) is 74.4 Å².